The SMILES string of the molecule is CC(C)c1ccc2c(c1)C=NC2C. The van der Waals surface area contributed by atoms with E-state index in [0.717, 1.165) is 0 Å². The van der Waals surface area contributed by atoms with Gasteiger partial charge < -0.3 is 0 Å². The molecule has 0 aromatic heterocycles. The molecule has 0 saturated carbocycles. The first-order valence-corrected chi connectivity index (χ1v) is 4.85. The molecular weight excluding hydrogens is 158 g/mol. The van der Waals surface area contributed by atoms with Gasteiger partial charge in [-0.3, -0.25) is 4.99 Å². The van der Waals surface area contributed by atoms with Gasteiger partial charge in [0.1, 0.15) is 0 Å². The first-order valence-electron chi connectivity index (χ1n) is 4.85. The molecule has 0 aliphatic carbocycles. The van der Waals surface area contributed by atoms with Crippen LogP contribution in [0.15, 0.2) is 23.2 Å². The first-order chi connectivity index (χ1) is 6.18. The summed E-state index contributed by atoms with van der Waals surface area (Å²) in [5.74, 6) is 0.606. The lowest BCUT2D eigenvalue weighted by atomic mass is 9.97. The van der Waals surface area contributed by atoms with Crippen molar-refractivity contribution in [3.05, 3.63) is 34.9 Å². The van der Waals surface area contributed by atoms with Crippen LogP contribution in [0.4, 0.5) is 0 Å². The Kier molecular flexibility index (Phi) is 1.95. The summed E-state index contributed by atoms with van der Waals surface area (Å²) >= 11 is 0. The van der Waals surface area contributed by atoms with Crippen LogP contribution in [0, 0.1) is 0 Å². The van der Waals surface area contributed by atoms with E-state index in [4.69, 9.17) is 0 Å². The second kappa shape index (κ2) is 2.99. The smallest absolute Gasteiger partial charge is 0.0727 e. The number of hydrogen-bond donors (Lipinski definition) is 0. The highest BCUT2D eigenvalue weighted by Gasteiger charge is 2.14. The summed E-state index contributed by atoms with van der Waals surface area (Å²) in [6.45, 7) is 6.58. The topological polar surface area (TPSA) is 12.4 Å². The quantitative estimate of drug-likeness (QED) is 0.618. The summed E-state index contributed by atoms with van der Waals surface area (Å²) in [4.78, 5) is 4.38. The molecule has 1 unspecified atom stereocenters. The van der Waals surface area contributed by atoms with Crippen molar-refractivity contribution < 1.29 is 0 Å². The molecule has 1 nitrogen and oxygen atoms in total. The van der Waals surface area contributed by atoms with Crippen molar-refractivity contribution in [1.82, 2.24) is 0 Å². The van der Waals surface area contributed by atoms with Gasteiger partial charge in [0.15, 0.2) is 0 Å². The van der Waals surface area contributed by atoms with Crippen molar-refractivity contribution in [3.63, 3.8) is 0 Å². The van der Waals surface area contributed by atoms with Gasteiger partial charge in [0.05, 0.1) is 6.04 Å². The van der Waals surface area contributed by atoms with Crippen LogP contribution >= 0.6 is 0 Å². The van der Waals surface area contributed by atoms with Crippen molar-refractivity contribution in [2.45, 2.75) is 32.7 Å². The lowest BCUT2D eigenvalue weighted by molar-refractivity contribution is 0.834. The number of nitrogens with zero attached hydrogens (tertiary/aromatic N) is 1. The Bertz CT molecular complexity index is 350. The van der Waals surface area contributed by atoms with Gasteiger partial charge in [0, 0.05) is 6.21 Å². The third-order valence-corrected chi connectivity index (χ3v) is 2.66. The van der Waals surface area contributed by atoms with E-state index in [2.05, 4.69) is 44.0 Å². The first kappa shape index (κ1) is 8.49. The number of aliphatic imine (C=N–C) groups is 1. The maximum atomic E-state index is 4.38. The minimum Gasteiger partial charge on any atom is -0.285 e. The summed E-state index contributed by atoms with van der Waals surface area (Å²) < 4.78 is 0. The van der Waals surface area contributed by atoms with Gasteiger partial charge in [-0.2, -0.15) is 0 Å². The van der Waals surface area contributed by atoms with Crippen molar-refractivity contribution in [3.8, 4) is 0 Å². The third kappa shape index (κ3) is 1.39. The fourth-order valence-electron chi connectivity index (χ4n) is 1.72. The molecule has 68 valence electrons. The van der Waals surface area contributed by atoms with Crippen molar-refractivity contribution in [1.29, 1.82) is 0 Å². The van der Waals surface area contributed by atoms with E-state index in [0.29, 0.717) is 12.0 Å². The van der Waals surface area contributed by atoms with Crippen LogP contribution in [0.2, 0.25) is 0 Å². The van der Waals surface area contributed by atoms with Gasteiger partial charge in [0.2, 0.25) is 0 Å². The molecule has 0 spiro atoms. The van der Waals surface area contributed by atoms with Gasteiger partial charge in [-0.25, -0.2) is 0 Å². The molecule has 0 bridgehead atoms. The fourth-order valence-corrected chi connectivity index (χ4v) is 1.72. The maximum Gasteiger partial charge on any atom is 0.0727 e. The van der Waals surface area contributed by atoms with E-state index in [1.54, 1.807) is 0 Å². The highest BCUT2D eigenvalue weighted by Crippen LogP contribution is 2.28. The molecule has 0 saturated heterocycles. The highest BCUT2D eigenvalue weighted by molar-refractivity contribution is 5.85. The number of rotatable bonds is 1. The van der Waals surface area contributed by atoms with Gasteiger partial charge in [-0.05, 0) is 35.6 Å². The van der Waals surface area contributed by atoms with Crippen LogP contribution < -0.4 is 0 Å². The van der Waals surface area contributed by atoms with Crippen LogP contribution in [0.25, 0.3) is 0 Å². The number of hydrogen-bond acceptors (Lipinski definition) is 1. The molecule has 0 amide bonds. The zero-order valence-corrected chi connectivity index (χ0v) is 8.41. The zero-order valence-electron chi connectivity index (χ0n) is 8.41. The van der Waals surface area contributed by atoms with Crippen LogP contribution in [0.5, 0.6) is 0 Å². The van der Waals surface area contributed by atoms with Gasteiger partial charge in [-0.1, -0.05) is 26.0 Å². The Balaban J connectivity index is 2.45. The Labute approximate surface area is 79.5 Å². The Morgan fingerprint density at radius 2 is 2.08 bits per heavy atom. The van der Waals surface area contributed by atoms with Gasteiger partial charge in [-0.15, -0.1) is 0 Å². The van der Waals surface area contributed by atoms with E-state index in [1.807, 2.05) is 6.21 Å². The Morgan fingerprint density at radius 1 is 1.31 bits per heavy atom. The lowest BCUT2D eigenvalue weighted by Gasteiger charge is -2.08. The van der Waals surface area contributed by atoms with Gasteiger partial charge in [0.25, 0.3) is 0 Å². The fraction of sp³-hybridized carbons (Fsp3) is 0.417. The second-order valence-corrected chi connectivity index (χ2v) is 4.00. The van der Waals surface area contributed by atoms with Crippen LogP contribution in [0.1, 0.15) is 49.4 Å². The Morgan fingerprint density at radius 3 is 2.77 bits per heavy atom. The second-order valence-electron chi connectivity index (χ2n) is 4.00. The summed E-state index contributed by atoms with van der Waals surface area (Å²) in [5, 5.41) is 0. The van der Waals surface area contributed by atoms with Crippen molar-refractivity contribution >= 4 is 6.21 Å². The molecule has 0 N–H and O–H groups in total. The minimum absolute atomic E-state index is 0.358. The molecule has 1 aromatic rings. The maximum absolute atomic E-state index is 4.38. The molecule has 0 radical (unpaired) electrons. The van der Waals surface area contributed by atoms with Crippen LogP contribution in [0.3, 0.4) is 0 Å². The minimum atomic E-state index is 0.358. The van der Waals surface area contributed by atoms with E-state index in [1.165, 1.54) is 16.7 Å². The molecule has 1 heteroatoms. The Hall–Kier alpha value is -1.11. The largest absolute Gasteiger partial charge is 0.285 e. The van der Waals surface area contributed by atoms with E-state index >= 15 is 0 Å². The summed E-state index contributed by atoms with van der Waals surface area (Å²) in [5.41, 5.74) is 4.07. The van der Waals surface area contributed by atoms with Crippen molar-refractivity contribution in [2.75, 3.05) is 0 Å². The number of benzene rings is 1. The monoisotopic (exact) mass is 173 g/mol. The normalized spacial score (nSPS) is 19.5. The molecule has 1 aliphatic rings. The summed E-state index contributed by atoms with van der Waals surface area (Å²) in [6.07, 6.45) is 1.99. The predicted molar refractivity (Wildman–Crippen MR) is 56.5 cm³/mol. The van der Waals surface area contributed by atoms with Gasteiger partial charge >= 0.3 is 0 Å². The van der Waals surface area contributed by atoms with Crippen LogP contribution in [-0.4, -0.2) is 6.21 Å². The zero-order chi connectivity index (χ0) is 9.42. The lowest BCUT2D eigenvalue weighted by Crippen LogP contribution is -1.92. The number of fused-ring (bicyclic) bond motifs is 1. The molecule has 2 rings (SSSR count). The van der Waals surface area contributed by atoms with E-state index in [9.17, 15) is 0 Å². The summed E-state index contributed by atoms with van der Waals surface area (Å²) in [7, 11) is 0. The average molecular weight is 173 g/mol. The molecule has 1 aromatic carbocycles. The molecule has 1 aliphatic heterocycles. The predicted octanol–water partition coefficient (Wildman–Crippen LogP) is 3.30. The third-order valence-electron chi connectivity index (χ3n) is 2.66. The summed E-state index contributed by atoms with van der Waals surface area (Å²) in [6, 6.07) is 7.04. The van der Waals surface area contributed by atoms with Crippen LogP contribution in [-0.2, 0) is 0 Å². The molecule has 0 fully saturated rings. The average Bonchev–Trinajstić information content (AvgIpc) is 2.47. The highest BCUT2D eigenvalue weighted by atomic mass is 14.8. The molecular formula is C12H15N. The van der Waals surface area contributed by atoms with E-state index < -0.39 is 0 Å². The molecule has 1 atom stereocenters. The van der Waals surface area contributed by atoms with Crippen molar-refractivity contribution in [2.24, 2.45) is 4.99 Å². The molecule has 1 heterocycles. The molecule has 13 heavy (non-hydrogen) atoms. The van der Waals surface area contributed by atoms with E-state index in [-0.39, 0.29) is 0 Å². The standard InChI is InChI=1S/C12H15N/c1-8(2)10-4-5-12-9(3)13-7-11(12)6-10/h4-9H,1-3H3.